The van der Waals surface area contributed by atoms with E-state index in [2.05, 4.69) is 27.1 Å². The second kappa shape index (κ2) is 11.0. The number of aromatic nitrogens is 2. The number of imidazole rings is 1. The van der Waals surface area contributed by atoms with Gasteiger partial charge in [-0.3, -0.25) is 9.69 Å². The van der Waals surface area contributed by atoms with Crippen molar-refractivity contribution in [1.29, 1.82) is 0 Å². The summed E-state index contributed by atoms with van der Waals surface area (Å²) in [5.74, 6) is 0.136. The van der Waals surface area contributed by atoms with Gasteiger partial charge in [0, 0.05) is 50.2 Å². The lowest BCUT2D eigenvalue weighted by molar-refractivity contribution is -0.121. The van der Waals surface area contributed by atoms with Crippen LogP contribution >= 0.6 is 24.8 Å². The van der Waals surface area contributed by atoms with Crippen LogP contribution in [0, 0.1) is 5.92 Å². The van der Waals surface area contributed by atoms with Gasteiger partial charge in [0.25, 0.3) is 0 Å². The first-order valence-electron chi connectivity index (χ1n) is 8.04. The molecule has 1 amide bonds. The van der Waals surface area contributed by atoms with Crippen LogP contribution in [0.3, 0.4) is 0 Å². The Morgan fingerprint density at radius 3 is 2.68 bits per heavy atom. The number of amides is 1. The Morgan fingerprint density at radius 1 is 1.40 bits per heavy atom. The summed E-state index contributed by atoms with van der Waals surface area (Å²) in [7, 11) is -3.10. The maximum absolute atomic E-state index is 12.0. The van der Waals surface area contributed by atoms with E-state index < -0.39 is 9.84 Å². The molecule has 7 nitrogen and oxygen atoms in total. The zero-order valence-electron chi connectivity index (χ0n) is 14.6. The van der Waals surface area contributed by atoms with E-state index in [9.17, 15) is 13.2 Å². The molecule has 2 rings (SSSR count). The van der Waals surface area contributed by atoms with Crippen LogP contribution < -0.4 is 5.32 Å². The molecule has 2 N–H and O–H groups in total. The highest BCUT2D eigenvalue weighted by atomic mass is 35.5. The van der Waals surface area contributed by atoms with Crippen molar-refractivity contribution in [1.82, 2.24) is 20.2 Å². The molecule has 0 radical (unpaired) electrons. The zero-order valence-corrected chi connectivity index (χ0v) is 17.1. The van der Waals surface area contributed by atoms with Gasteiger partial charge >= 0.3 is 0 Å². The van der Waals surface area contributed by atoms with E-state index in [1.165, 1.54) is 0 Å². The highest BCUT2D eigenvalue weighted by Crippen LogP contribution is 2.23. The first-order valence-corrected chi connectivity index (χ1v) is 10.1. The van der Waals surface area contributed by atoms with Crippen molar-refractivity contribution in [2.75, 3.05) is 25.1 Å². The molecule has 0 aromatic carbocycles. The summed E-state index contributed by atoms with van der Waals surface area (Å²) in [5, 5.41) is 3.03. The Kier molecular flexibility index (Phi) is 10.6. The number of nitrogens with zero attached hydrogens (tertiary/aromatic N) is 2. The lowest BCUT2D eigenvalue weighted by Crippen LogP contribution is -2.41. The molecule has 2 atom stereocenters. The molecule has 0 spiro atoms. The minimum Gasteiger partial charge on any atom is -0.352 e. The maximum atomic E-state index is 12.0. The van der Waals surface area contributed by atoms with Crippen molar-refractivity contribution in [3.8, 4) is 0 Å². The molecule has 1 aliphatic heterocycles. The first kappa shape index (κ1) is 24.2. The Balaban J connectivity index is 0.00000288. The number of sulfone groups is 1. The van der Waals surface area contributed by atoms with E-state index in [-0.39, 0.29) is 48.9 Å². The number of carbonyl (C=O) groups is 1. The molecule has 146 valence electrons. The van der Waals surface area contributed by atoms with Crippen molar-refractivity contribution >= 4 is 40.6 Å². The molecule has 1 aromatic heterocycles. The second-order valence-corrected chi connectivity index (χ2v) is 8.63. The van der Waals surface area contributed by atoms with Gasteiger partial charge in [0.05, 0.1) is 12.1 Å². The highest BCUT2D eigenvalue weighted by molar-refractivity contribution is 7.90. The first-order chi connectivity index (χ1) is 10.9. The Labute approximate surface area is 162 Å². The number of carbonyl (C=O) groups excluding carboxylic acids is 1. The monoisotopic (exact) mass is 414 g/mol. The van der Waals surface area contributed by atoms with E-state index >= 15 is 0 Å². The molecule has 0 bridgehead atoms. The smallest absolute Gasteiger partial charge is 0.221 e. The third-order valence-corrected chi connectivity index (χ3v) is 5.12. The van der Waals surface area contributed by atoms with Gasteiger partial charge in [-0.2, -0.15) is 0 Å². The summed E-state index contributed by atoms with van der Waals surface area (Å²) in [6, 6.07) is 0.0879. The standard InChI is InChI=1S/C15H26N4O3S.2ClH/c1-3-4-12-8-19(9-13-7-16-11-17-13)10-14(12)18-15(20)5-6-23(2,21)22;;/h7,11-12,14H,3-6,8-10H2,1-2H3,(H,16,17)(H,18,20);2*1H/t12-,14-;;/m0../s1. The quantitative estimate of drug-likeness (QED) is 0.670. The average Bonchev–Trinajstić information content (AvgIpc) is 3.08. The summed E-state index contributed by atoms with van der Waals surface area (Å²) in [6.45, 7) is 4.65. The normalized spacial score (nSPS) is 20.6. The Morgan fingerprint density at radius 2 is 2.12 bits per heavy atom. The second-order valence-electron chi connectivity index (χ2n) is 6.37. The van der Waals surface area contributed by atoms with E-state index in [4.69, 9.17) is 0 Å². The van der Waals surface area contributed by atoms with Crippen LogP contribution in [0.1, 0.15) is 31.9 Å². The molecular weight excluding hydrogens is 387 g/mol. The average molecular weight is 415 g/mol. The van der Waals surface area contributed by atoms with E-state index in [1.54, 1.807) is 6.33 Å². The largest absolute Gasteiger partial charge is 0.352 e. The van der Waals surface area contributed by atoms with Gasteiger partial charge in [0.15, 0.2) is 0 Å². The van der Waals surface area contributed by atoms with E-state index in [0.29, 0.717) is 5.92 Å². The van der Waals surface area contributed by atoms with Gasteiger partial charge in [-0.1, -0.05) is 13.3 Å². The number of rotatable bonds is 8. The van der Waals surface area contributed by atoms with Crippen molar-refractivity contribution in [2.24, 2.45) is 5.92 Å². The highest BCUT2D eigenvalue weighted by Gasteiger charge is 2.33. The molecule has 25 heavy (non-hydrogen) atoms. The van der Waals surface area contributed by atoms with Gasteiger partial charge in [0.1, 0.15) is 9.84 Å². The number of likely N-dealkylation sites (tertiary alicyclic amines) is 1. The summed E-state index contributed by atoms with van der Waals surface area (Å²) >= 11 is 0. The van der Waals surface area contributed by atoms with Crippen LogP contribution in [-0.2, 0) is 21.2 Å². The predicted octanol–water partition coefficient (Wildman–Crippen LogP) is 1.40. The molecule has 10 heteroatoms. The number of aromatic amines is 1. The predicted molar refractivity (Wildman–Crippen MR) is 103 cm³/mol. The molecule has 1 aliphatic rings. The summed E-state index contributed by atoms with van der Waals surface area (Å²) in [6.07, 6.45) is 6.79. The van der Waals surface area contributed by atoms with E-state index in [0.717, 1.165) is 44.4 Å². The Bertz CT molecular complexity index is 610. The lowest BCUT2D eigenvalue weighted by atomic mass is 9.98. The molecule has 2 heterocycles. The molecular formula is C15H28Cl2N4O3S. The number of halogens is 2. The van der Waals surface area contributed by atoms with Gasteiger partial charge in [-0.15, -0.1) is 24.8 Å². The molecule has 1 aromatic rings. The fraction of sp³-hybridized carbons (Fsp3) is 0.733. The van der Waals surface area contributed by atoms with Gasteiger partial charge in [-0.05, 0) is 12.3 Å². The summed E-state index contributed by atoms with van der Waals surface area (Å²) in [5.41, 5.74) is 1.06. The zero-order chi connectivity index (χ0) is 16.9. The molecule has 1 fully saturated rings. The molecule has 1 saturated heterocycles. The third-order valence-electron chi connectivity index (χ3n) is 4.17. The fourth-order valence-electron chi connectivity index (χ4n) is 3.09. The van der Waals surface area contributed by atoms with Crippen molar-refractivity contribution in [2.45, 2.75) is 38.8 Å². The summed E-state index contributed by atoms with van der Waals surface area (Å²) < 4.78 is 22.3. The van der Waals surface area contributed by atoms with Crippen molar-refractivity contribution in [3.05, 3.63) is 18.2 Å². The minimum absolute atomic E-state index is 0. The van der Waals surface area contributed by atoms with Crippen LogP contribution in [0.5, 0.6) is 0 Å². The number of hydrogen-bond donors (Lipinski definition) is 2. The van der Waals surface area contributed by atoms with Gasteiger partial charge in [-0.25, -0.2) is 13.4 Å². The van der Waals surface area contributed by atoms with Gasteiger partial charge < -0.3 is 10.3 Å². The molecule has 0 unspecified atom stereocenters. The summed E-state index contributed by atoms with van der Waals surface area (Å²) in [4.78, 5) is 21.4. The van der Waals surface area contributed by atoms with E-state index in [1.807, 2.05) is 6.20 Å². The van der Waals surface area contributed by atoms with Crippen LogP contribution in [0.2, 0.25) is 0 Å². The number of H-pyrrole nitrogens is 1. The van der Waals surface area contributed by atoms with Crippen LogP contribution in [0.4, 0.5) is 0 Å². The van der Waals surface area contributed by atoms with Crippen molar-refractivity contribution in [3.63, 3.8) is 0 Å². The fourth-order valence-corrected chi connectivity index (χ4v) is 3.64. The maximum Gasteiger partial charge on any atom is 0.221 e. The van der Waals surface area contributed by atoms with Crippen LogP contribution in [0.25, 0.3) is 0 Å². The minimum atomic E-state index is -3.10. The molecule has 0 saturated carbocycles. The van der Waals surface area contributed by atoms with Crippen molar-refractivity contribution < 1.29 is 13.2 Å². The molecule has 0 aliphatic carbocycles. The topological polar surface area (TPSA) is 95.2 Å². The van der Waals surface area contributed by atoms with Crippen LogP contribution in [0.15, 0.2) is 12.5 Å². The van der Waals surface area contributed by atoms with Gasteiger partial charge in [0.2, 0.25) is 5.91 Å². The number of hydrogen-bond acceptors (Lipinski definition) is 5. The van der Waals surface area contributed by atoms with Crippen LogP contribution in [-0.4, -0.2) is 60.3 Å². The number of nitrogens with one attached hydrogen (secondary N) is 2. The lowest BCUT2D eigenvalue weighted by Gasteiger charge is -2.19. The third kappa shape index (κ3) is 8.40. The SMILES string of the molecule is CCC[C@H]1CN(Cc2cnc[nH]2)C[C@@H]1NC(=O)CCS(C)(=O)=O.Cl.Cl. The Hall–Kier alpha value is -0.830.